The molecular weight excluding hydrogens is 190 g/mol. The Morgan fingerprint density at radius 1 is 1.53 bits per heavy atom. The number of hydrogen-bond donors (Lipinski definition) is 1. The quantitative estimate of drug-likeness (QED) is 0.821. The minimum atomic E-state index is 0.00533. The Hall–Kier alpha value is -1.45. The average molecular weight is 207 g/mol. The third kappa shape index (κ3) is 4.06. The Bertz CT molecular complexity index is 336. The van der Waals surface area contributed by atoms with E-state index in [1.165, 1.54) is 0 Å². The molecular formula is C11H17N3O. The molecule has 0 radical (unpaired) electrons. The van der Waals surface area contributed by atoms with Gasteiger partial charge < -0.3 is 5.32 Å². The van der Waals surface area contributed by atoms with Crippen LogP contribution in [-0.2, 0) is 11.2 Å². The molecule has 1 heterocycles. The number of nitrogens with zero attached hydrogens (tertiary/aromatic N) is 2. The van der Waals surface area contributed by atoms with Crippen molar-refractivity contribution in [2.45, 2.75) is 33.6 Å². The van der Waals surface area contributed by atoms with Gasteiger partial charge in [-0.25, -0.2) is 9.97 Å². The second-order valence-corrected chi connectivity index (χ2v) is 3.86. The van der Waals surface area contributed by atoms with Crippen molar-refractivity contribution in [3.8, 4) is 0 Å². The number of carbonyl (C=O) groups excluding carboxylic acids is 1. The summed E-state index contributed by atoms with van der Waals surface area (Å²) in [5.74, 6) is 1.70. The Morgan fingerprint density at radius 3 is 2.87 bits per heavy atom. The molecule has 0 aliphatic heterocycles. The van der Waals surface area contributed by atoms with Crippen LogP contribution in [0.3, 0.4) is 0 Å². The van der Waals surface area contributed by atoms with Crippen molar-refractivity contribution in [1.29, 1.82) is 0 Å². The van der Waals surface area contributed by atoms with Crippen molar-refractivity contribution in [3.05, 3.63) is 18.1 Å². The SMILES string of the molecule is CCc1nccc(NC(=O)CC(C)C)n1. The normalized spacial score (nSPS) is 10.4. The number of carbonyl (C=O) groups is 1. The summed E-state index contributed by atoms with van der Waals surface area (Å²) < 4.78 is 0. The lowest BCUT2D eigenvalue weighted by Crippen LogP contribution is -2.15. The molecule has 0 spiro atoms. The summed E-state index contributed by atoms with van der Waals surface area (Å²) in [4.78, 5) is 19.7. The van der Waals surface area contributed by atoms with Crippen LogP contribution in [0.5, 0.6) is 0 Å². The van der Waals surface area contributed by atoms with E-state index in [1.807, 2.05) is 20.8 Å². The van der Waals surface area contributed by atoms with Crippen molar-refractivity contribution in [3.63, 3.8) is 0 Å². The van der Waals surface area contributed by atoms with Crippen LogP contribution in [0.15, 0.2) is 12.3 Å². The molecule has 1 aromatic rings. The van der Waals surface area contributed by atoms with Gasteiger partial charge in [0.05, 0.1) is 0 Å². The zero-order valence-corrected chi connectivity index (χ0v) is 9.45. The molecule has 0 aliphatic rings. The van der Waals surface area contributed by atoms with Gasteiger partial charge in [0.25, 0.3) is 0 Å². The van der Waals surface area contributed by atoms with Gasteiger partial charge >= 0.3 is 0 Å². The van der Waals surface area contributed by atoms with Crippen LogP contribution in [0, 0.1) is 5.92 Å². The van der Waals surface area contributed by atoms with Crippen molar-refractivity contribution in [2.24, 2.45) is 5.92 Å². The minimum Gasteiger partial charge on any atom is -0.311 e. The number of amides is 1. The highest BCUT2D eigenvalue weighted by Gasteiger charge is 2.06. The van der Waals surface area contributed by atoms with Gasteiger partial charge in [-0.3, -0.25) is 4.79 Å². The van der Waals surface area contributed by atoms with Gasteiger partial charge in [0.15, 0.2) is 0 Å². The van der Waals surface area contributed by atoms with E-state index in [-0.39, 0.29) is 5.91 Å². The highest BCUT2D eigenvalue weighted by atomic mass is 16.1. The molecule has 0 saturated carbocycles. The molecule has 0 fully saturated rings. The Kier molecular flexibility index (Phi) is 4.21. The van der Waals surface area contributed by atoms with E-state index < -0.39 is 0 Å². The summed E-state index contributed by atoms with van der Waals surface area (Å²) in [5, 5.41) is 2.76. The van der Waals surface area contributed by atoms with Gasteiger partial charge in [0, 0.05) is 19.0 Å². The minimum absolute atomic E-state index is 0.00533. The van der Waals surface area contributed by atoms with Gasteiger partial charge in [-0.05, 0) is 12.0 Å². The second-order valence-electron chi connectivity index (χ2n) is 3.86. The van der Waals surface area contributed by atoms with Crippen molar-refractivity contribution in [1.82, 2.24) is 9.97 Å². The lowest BCUT2D eigenvalue weighted by molar-refractivity contribution is -0.116. The lowest BCUT2D eigenvalue weighted by atomic mass is 10.1. The van der Waals surface area contributed by atoms with Gasteiger partial charge in [0.2, 0.25) is 5.91 Å². The van der Waals surface area contributed by atoms with E-state index in [4.69, 9.17) is 0 Å². The number of aryl methyl sites for hydroxylation is 1. The first-order valence-corrected chi connectivity index (χ1v) is 5.23. The molecule has 82 valence electrons. The monoisotopic (exact) mass is 207 g/mol. The number of hydrogen-bond acceptors (Lipinski definition) is 3. The lowest BCUT2D eigenvalue weighted by Gasteiger charge is -2.06. The predicted molar refractivity (Wildman–Crippen MR) is 59.5 cm³/mol. The largest absolute Gasteiger partial charge is 0.311 e. The smallest absolute Gasteiger partial charge is 0.225 e. The van der Waals surface area contributed by atoms with E-state index in [0.29, 0.717) is 18.2 Å². The summed E-state index contributed by atoms with van der Waals surface area (Å²) in [7, 11) is 0. The molecule has 0 aliphatic carbocycles. The fourth-order valence-electron chi connectivity index (χ4n) is 1.20. The Labute approximate surface area is 90.1 Å². The van der Waals surface area contributed by atoms with Crippen LogP contribution in [-0.4, -0.2) is 15.9 Å². The van der Waals surface area contributed by atoms with Crippen LogP contribution in [0.2, 0.25) is 0 Å². The summed E-state index contributed by atoms with van der Waals surface area (Å²) in [5.41, 5.74) is 0. The highest BCUT2D eigenvalue weighted by Crippen LogP contribution is 2.06. The third-order valence-electron chi connectivity index (χ3n) is 1.88. The van der Waals surface area contributed by atoms with Crippen molar-refractivity contribution in [2.75, 3.05) is 5.32 Å². The molecule has 4 heteroatoms. The molecule has 0 atom stereocenters. The number of rotatable bonds is 4. The van der Waals surface area contributed by atoms with E-state index in [1.54, 1.807) is 12.3 Å². The number of nitrogens with one attached hydrogen (secondary N) is 1. The van der Waals surface area contributed by atoms with Gasteiger partial charge in [-0.2, -0.15) is 0 Å². The van der Waals surface area contributed by atoms with Gasteiger partial charge in [0.1, 0.15) is 11.6 Å². The molecule has 0 aromatic carbocycles. The molecule has 1 amide bonds. The topological polar surface area (TPSA) is 54.9 Å². The average Bonchev–Trinajstić information content (AvgIpc) is 2.16. The first-order valence-electron chi connectivity index (χ1n) is 5.23. The van der Waals surface area contributed by atoms with E-state index in [9.17, 15) is 4.79 Å². The summed E-state index contributed by atoms with van der Waals surface area (Å²) >= 11 is 0. The zero-order valence-electron chi connectivity index (χ0n) is 9.45. The van der Waals surface area contributed by atoms with E-state index in [2.05, 4.69) is 15.3 Å². The summed E-state index contributed by atoms with van der Waals surface area (Å²) in [6, 6.07) is 1.71. The van der Waals surface area contributed by atoms with Crippen molar-refractivity contribution < 1.29 is 4.79 Å². The zero-order chi connectivity index (χ0) is 11.3. The molecule has 15 heavy (non-hydrogen) atoms. The first-order chi connectivity index (χ1) is 7.11. The molecule has 0 saturated heterocycles. The summed E-state index contributed by atoms with van der Waals surface area (Å²) in [6.45, 7) is 6.00. The van der Waals surface area contributed by atoms with Gasteiger partial charge in [-0.15, -0.1) is 0 Å². The van der Waals surface area contributed by atoms with Crippen LogP contribution in [0.1, 0.15) is 33.0 Å². The fourth-order valence-corrected chi connectivity index (χ4v) is 1.20. The fraction of sp³-hybridized carbons (Fsp3) is 0.545. The van der Waals surface area contributed by atoms with E-state index in [0.717, 1.165) is 12.2 Å². The molecule has 0 unspecified atom stereocenters. The second kappa shape index (κ2) is 5.44. The van der Waals surface area contributed by atoms with Crippen LogP contribution >= 0.6 is 0 Å². The highest BCUT2D eigenvalue weighted by molar-refractivity contribution is 5.89. The van der Waals surface area contributed by atoms with Crippen LogP contribution < -0.4 is 5.32 Å². The summed E-state index contributed by atoms with van der Waals surface area (Å²) in [6.07, 6.45) is 2.95. The maximum atomic E-state index is 11.5. The Balaban J connectivity index is 2.60. The standard InChI is InChI=1S/C11H17N3O/c1-4-9-12-6-5-10(13-9)14-11(15)7-8(2)3/h5-6,8H,4,7H2,1-3H3,(H,12,13,14,15). The van der Waals surface area contributed by atoms with Crippen LogP contribution in [0.25, 0.3) is 0 Å². The molecule has 1 N–H and O–H groups in total. The maximum Gasteiger partial charge on any atom is 0.225 e. The Morgan fingerprint density at radius 2 is 2.27 bits per heavy atom. The first kappa shape index (κ1) is 11.6. The van der Waals surface area contributed by atoms with Crippen LogP contribution in [0.4, 0.5) is 5.82 Å². The maximum absolute atomic E-state index is 11.5. The predicted octanol–water partition coefficient (Wildman–Crippen LogP) is 2.02. The number of aromatic nitrogens is 2. The number of anilines is 1. The van der Waals surface area contributed by atoms with E-state index >= 15 is 0 Å². The van der Waals surface area contributed by atoms with Gasteiger partial charge in [-0.1, -0.05) is 20.8 Å². The molecule has 4 nitrogen and oxygen atoms in total. The molecule has 1 rings (SSSR count). The third-order valence-corrected chi connectivity index (χ3v) is 1.88. The molecule has 0 bridgehead atoms. The van der Waals surface area contributed by atoms with Crippen molar-refractivity contribution >= 4 is 11.7 Å². The molecule has 1 aromatic heterocycles.